The van der Waals surface area contributed by atoms with Crippen molar-refractivity contribution in [2.75, 3.05) is 41.8 Å². The van der Waals surface area contributed by atoms with Gasteiger partial charge in [0, 0.05) is 56.5 Å². The number of ether oxygens (including phenoxy) is 1. The van der Waals surface area contributed by atoms with Crippen molar-refractivity contribution >= 4 is 17.7 Å². The van der Waals surface area contributed by atoms with E-state index in [0.717, 1.165) is 24.3 Å². The van der Waals surface area contributed by atoms with Crippen LogP contribution in [0, 0.1) is 11.8 Å². The van der Waals surface area contributed by atoms with Gasteiger partial charge in [0.2, 0.25) is 17.8 Å². The Balaban J connectivity index is 1.35. The Labute approximate surface area is 172 Å². The van der Waals surface area contributed by atoms with Gasteiger partial charge in [0.25, 0.3) is 0 Å². The summed E-state index contributed by atoms with van der Waals surface area (Å²) in [4.78, 5) is 22.1. The van der Waals surface area contributed by atoms with E-state index in [0.29, 0.717) is 37.4 Å². The molecule has 30 heavy (non-hydrogen) atoms. The number of aromatic nitrogens is 4. The quantitative estimate of drug-likeness (QED) is 0.814. The summed E-state index contributed by atoms with van der Waals surface area (Å²) in [7, 11) is 0. The summed E-state index contributed by atoms with van der Waals surface area (Å²) in [6.45, 7) is 2.64. The third-order valence-electron chi connectivity index (χ3n) is 6.84. The monoisotopic (exact) mass is 415 g/mol. The van der Waals surface area contributed by atoms with Crippen LogP contribution in [0.2, 0.25) is 0 Å². The van der Waals surface area contributed by atoms with E-state index < -0.39 is 5.92 Å². The molecule has 0 radical (unpaired) electrons. The Hall–Kier alpha value is -2.62. The van der Waals surface area contributed by atoms with E-state index >= 15 is 0 Å². The highest BCUT2D eigenvalue weighted by Gasteiger charge is 2.50. The first-order valence-corrected chi connectivity index (χ1v) is 10.4. The smallest absolute Gasteiger partial charge is 0.248 e. The maximum atomic E-state index is 13.8. The topological polar surface area (TPSA) is 93.3 Å². The molecule has 5 heterocycles. The number of hydrogen-bond donors (Lipinski definition) is 1. The van der Waals surface area contributed by atoms with Crippen LogP contribution in [0.15, 0.2) is 18.5 Å². The number of morpholine rings is 1. The molecule has 2 aromatic rings. The minimum Gasteiger partial charge on any atom is -0.374 e. The molecule has 0 aromatic carbocycles. The minimum atomic E-state index is -2.54. The molecule has 2 bridgehead atoms. The van der Waals surface area contributed by atoms with Crippen LogP contribution in [-0.4, -0.2) is 64.2 Å². The summed E-state index contributed by atoms with van der Waals surface area (Å²) in [6.07, 6.45) is 4.46. The lowest BCUT2D eigenvalue weighted by atomic mass is 10.0. The van der Waals surface area contributed by atoms with E-state index in [2.05, 4.69) is 19.8 Å². The number of anilines is 3. The summed E-state index contributed by atoms with van der Waals surface area (Å²) < 4.78 is 33.3. The Morgan fingerprint density at radius 3 is 2.43 bits per heavy atom. The highest BCUT2D eigenvalue weighted by Crippen LogP contribution is 2.47. The van der Waals surface area contributed by atoms with Crippen molar-refractivity contribution in [1.29, 1.82) is 0 Å². The van der Waals surface area contributed by atoms with Crippen molar-refractivity contribution in [3.05, 3.63) is 18.5 Å². The molecule has 0 spiro atoms. The standard InChI is InChI=1S/C20H23F2N7O/c21-20(22)3-11-7-28(8-12(11)4-20)19-26-16(13-5-24-18(23)25-6-13)2-17(27-19)29-9-15-1-14(29)10-30-15/h2,5-6,11-12,14-15H,1,3-4,7-10H2,(H2,23,24,25)/t11-,12+,14-,15-/m0/s1. The van der Waals surface area contributed by atoms with Gasteiger partial charge in [-0.1, -0.05) is 0 Å². The molecular weight excluding hydrogens is 392 g/mol. The van der Waals surface area contributed by atoms with Crippen LogP contribution in [0.4, 0.5) is 26.5 Å². The normalized spacial score (nSPS) is 31.5. The van der Waals surface area contributed by atoms with E-state index in [1.54, 1.807) is 12.4 Å². The molecule has 3 aliphatic heterocycles. The molecule has 0 unspecified atom stereocenters. The Morgan fingerprint density at radius 2 is 1.80 bits per heavy atom. The molecule has 8 nitrogen and oxygen atoms in total. The number of hydrogen-bond acceptors (Lipinski definition) is 8. The number of nitrogens with two attached hydrogens (primary N) is 1. The van der Waals surface area contributed by atoms with Crippen molar-refractivity contribution < 1.29 is 13.5 Å². The molecule has 4 atom stereocenters. The molecule has 1 aliphatic carbocycles. The fourth-order valence-electron chi connectivity index (χ4n) is 5.42. The number of nitrogens with zero attached hydrogens (tertiary/aromatic N) is 6. The maximum absolute atomic E-state index is 13.8. The van der Waals surface area contributed by atoms with Gasteiger partial charge in [-0.3, -0.25) is 0 Å². The average Bonchev–Trinajstić information content (AvgIpc) is 3.47. The van der Waals surface area contributed by atoms with Crippen LogP contribution in [0.5, 0.6) is 0 Å². The van der Waals surface area contributed by atoms with E-state index in [9.17, 15) is 8.78 Å². The molecule has 2 aromatic heterocycles. The third-order valence-corrected chi connectivity index (χ3v) is 6.84. The lowest BCUT2D eigenvalue weighted by Gasteiger charge is -2.29. The highest BCUT2D eigenvalue weighted by molar-refractivity contribution is 5.65. The molecule has 2 N–H and O–H groups in total. The zero-order valence-electron chi connectivity index (χ0n) is 16.4. The number of rotatable bonds is 3. The fourth-order valence-corrected chi connectivity index (χ4v) is 5.42. The second-order valence-electron chi connectivity index (χ2n) is 8.93. The molecule has 0 amide bonds. The van der Waals surface area contributed by atoms with Crippen molar-refractivity contribution in [1.82, 2.24) is 19.9 Å². The van der Waals surface area contributed by atoms with Gasteiger partial charge in [0.1, 0.15) is 5.82 Å². The van der Waals surface area contributed by atoms with Gasteiger partial charge in [-0.15, -0.1) is 0 Å². The first kappa shape index (κ1) is 18.2. The van der Waals surface area contributed by atoms with Crippen LogP contribution in [-0.2, 0) is 4.74 Å². The zero-order chi connectivity index (χ0) is 20.5. The number of nitrogen functional groups attached to an aromatic ring is 1. The first-order valence-electron chi connectivity index (χ1n) is 10.4. The molecule has 4 aliphatic rings. The van der Waals surface area contributed by atoms with E-state index in [-0.39, 0.29) is 36.7 Å². The van der Waals surface area contributed by atoms with Crippen LogP contribution in [0.25, 0.3) is 11.3 Å². The molecule has 158 valence electrons. The predicted octanol–water partition coefficient (Wildman–Crippen LogP) is 1.97. The molecule has 1 saturated carbocycles. The predicted molar refractivity (Wildman–Crippen MR) is 106 cm³/mol. The molecule has 6 rings (SSSR count). The number of halogens is 2. The van der Waals surface area contributed by atoms with Gasteiger partial charge in [-0.05, 0) is 18.3 Å². The van der Waals surface area contributed by atoms with Crippen molar-refractivity contribution in [2.45, 2.75) is 37.3 Å². The van der Waals surface area contributed by atoms with Gasteiger partial charge in [-0.2, -0.15) is 4.98 Å². The van der Waals surface area contributed by atoms with Crippen LogP contribution in [0.3, 0.4) is 0 Å². The molecular formula is C20H23F2N7O. The van der Waals surface area contributed by atoms with Crippen molar-refractivity contribution in [3.63, 3.8) is 0 Å². The highest BCUT2D eigenvalue weighted by atomic mass is 19.3. The van der Waals surface area contributed by atoms with Crippen LogP contribution in [0.1, 0.15) is 19.3 Å². The second-order valence-corrected chi connectivity index (χ2v) is 8.93. The summed E-state index contributed by atoms with van der Waals surface area (Å²) in [6, 6.07) is 2.26. The fraction of sp³-hybridized carbons (Fsp3) is 0.600. The third kappa shape index (κ3) is 3.05. The van der Waals surface area contributed by atoms with Gasteiger partial charge in [0.05, 0.1) is 24.4 Å². The van der Waals surface area contributed by atoms with Gasteiger partial charge >= 0.3 is 0 Å². The molecule has 3 saturated heterocycles. The Bertz CT molecular complexity index is 956. The molecule has 10 heteroatoms. The van der Waals surface area contributed by atoms with E-state index in [1.165, 1.54) is 0 Å². The van der Waals surface area contributed by atoms with Gasteiger partial charge in [0.15, 0.2) is 0 Å². The van der Waals surface area contributed by atoms with Gasteiger partial charge in [-0.25, -0.2) is 23.7 Å². The average molecular weight is 415 g/mol. The largest absolute Gasteiger partial charge is 0.374 e. The zero-order valence-corrected chi connectivity index (χ0v) is 16.4. The maximum Gasteiger partial charge on any atom is 0.248 e. The van der Waals surface area contributed by atoms with Gasteiger partial charge < -0.3 is 20.3 Å². The first-order chi connectivity index (χ1) is 14.4. The number of alkyl halides is 2. The number of fused-ring (bicyclic) bond motifs is 3. The summed E-state index contributed by atoms with van der Waals surface area (Å²) >= 11 is 0. The Kier molecular flexibility index (Phi) is 3.90. The summed E-state index contributed by atoms with van der Waals surface area (Å²) in [5, 5.41) is 0. The summed E-state index contributed by atoms with van der Waals surface area (Å²) in [5.74, 6) is -0.925. The van der Waals surface area contributed by atoms with Crippen molar-refractivity contribution in [2.24, 2.45) is 11.8 Å². The second kappa shape index (κ2) is 6.44. The molecule has 4 fully saturated rings. The summed E-state index contributed by atoms with van der Waals surface area (Å²) in [5.41, 5.74) is 7.09. The van der Waals surface area contributed by atoms with Crippen LogP contribution >= 0.6 is 0 Å². The Morgan fingerprint density at radius 1 is 1.07 bits per heavy atom. The SMILES string of the molecule is Nc1ncc(-c2cc(N3C[C@@H]4C[C@H]3CO4)nc(N3C[C@@H]4CC(F)(F)C[C@@H]4C3)n2)cn1. The van der Waals surface area contributed by atoms with Crippen LogP contribution < -0.4 is 15.5 Å². The minimum absolute atomic E-state index is 0.00763. The lowest BCUT2D eigenvalue weighted by molar-refractivity contribution is 0.00171. The van der Waals surface area contributed by atoms with E-state index in [4.69, 9.17) is 20.4 Å². The van der Waals surface area contributed by atoms with Crippen molar-refractivity contribution in [3.8, 4) is 11.3 Å². The lowest BCUT2D eigenvalue weighted by Crippen LogP contribution is -2.38. The van der Waals surface area contributed by atoms with E-state index in [1.807, 2.05) is 6.07 Å².